The van der Waals surface area contributed by atoms with Crippen molar-refractivity contribution < 1.29 is 4.79 Å². The van der Waals surface area contributed by atoms with Crippen LogP contribution in [0.5, 0.6) is 0 Å². The predicted molar refractivity (Wildman–Crippen MR) is 70.7 cm³/mol. The molecule has 0 saturated carbocycles. The average Bonchev–Trinajstić information content (AvgIpc) is 2.39. The summed E-state index contributed by atoms with van der Waals surface area (Å²) in [5.74, 6) is 2.21. The second kappa shape index (κ2) is 5.24. The molecule has 0 N–H and O–H groups in total. The van der Waals surface area contributed by atoms with Crippen LogP contribution in [0, 0.1) is 11.3 Å². The van der Waals surface area contributed by atoms with Crippen LogP contribution in [0.2, 0.25) is 0 Å². The lowest BCUT2D eigenvalue weighted by Crippen LogP contribution is -2.33. The van der Waals surface area contributed by atoms with Gasteiger partial charge in [-0.3, -0.25) is 4.79 Å². The largest absolute Gasteiger partial charge is 0.369 e. The van der Waals surface area contributed by atoms with Crippen LogP contribution in [0.25, 0.3) is 0 Å². The fourth-order valence-corrected chi connectivity index (χ4v) is 2.87. The predicted octanol–water partition coefficient (Wildman–Crippen LogP) is 2.31. The third-order valence-corrected chi connectivity index (χ3v) is 3.80. The van der Waals surface area contributed by atoms with E-state index in [4.69, 9.17) is 5.26 Å². The van der Waals surface area contributed by atoms with Gasteiger partial charge in [0.15, 0.2) is 5.78 Å². The lowest BCUT2D eigenvalue weighted by Gasteiger charge is -2.30. The topological polar surface area (TPSA) is 44.1 Å². The SMILES string of the molecule is CC(=O)c1ccc(C#N)cc1N1CCSCC1. The van der Waals surface area contributed by atoms with Gasteiger partial charge in [0.2, 0.25) is 0 Å². The third kappa shape index (κ3) is 2.62. The molecule has 1 saturated heterocycles. The van der Waals surface area contributed by atoms with E-state index in [-0.39, 0.29) is 5.78 Å². The molecule has 1 aromatic carbocycles. The van der Waals surface area contributed by atoms with Crippen molar-refractivity contribution in [1.29, 1.82) is 5.26 Å². The van der Waals surface area contributed by atoms with Crippen molar-refractivity contribution in [3.63, 3.8) is 0 Å². The van der Waals surface area contributed by atoms with Crippen LogP contribution in [-0.4, -0.2) is 30.4 Å². The lowest BCUT2D eigenvalue weighted by molar-refractivity contribution is 0.101. The number of thioether (sulfide) groups is 1. The summed E-state index contributed by atoms with van der Waals surface area (Å²) in [4.78, 5) is 13.8. The van der Waals surface area contributed by atoms with Crippen LogP contribution in [0.1, 0.15) is 22.8 Å². The standard InChI is InChI=1S/C13H14N2OS/c1-10(16)12-3-2-11(9-14)8-13(12)15-4-6-17-7-5-15/h2-3,8H,4-7H2,1H3. The van der Waals surface area contributed by atoms with E-state index in [1.165, 1.54) is 0 Å². The number of Topliss-reactive ketones (excluding diaryl/α,β-unsaturated/α-hetero) is 1. The minimum atomic E-state index is 0.0581. The molecule has 17 heavy (non-hydrogen) atoms. The Morgan fingerprint density at radius 3 is 2.71 bits per heavy atom. The summed E-state index contributed by atoms with van der Waals surface area (Å²) in [7, 11) is 0. The van der Waals surface area contributed by atoms with E-state index in [0.29, 0.717) is 5.56 Å². The van der Waals surface area contributed by atoms with Crippen molar-refractivity contribution in [2.24, 2.45) is 0 Å². The van der Waals surface area contributed by atoms with E-state index >= 15 is 0 Å². The van der Waals surface area contributed by atoms with Crippen LogP contribution in [0.15, 0.2) is 18.2 Å². The van der Waals surface area contributed by atoms with Crippen LogP contribution < -0.4 is 4.90 Å². The molecule has 1 aromatic rings. The molecule has 0 aliphatic carbocycles. The van der Waals surface area contributed by atoms with Gasteiger partial charge in [-0.2, -0.15) is 17.0 Å². The Hall–Kier alpha value is -1.47. The van der Waals surface area contributed by atoms with E-state index in [1.54, 1.807) is 19.1 Å². The zero-order chi connectivity index (χ0) is 12.3. The molecule has 1 heterocycles. The molecule has 1 aliphatic rings. The van der Waals surface area contributed by atoms with Gasteiger partial charge in [0.25, 0.3) is 0 Å². The Kier molecular flexibility index (Phi) is 3.70. The number of anilines is 1. The van der Waals surface area contributed by atoms with Gasteiger partial charge in [-0.15, -0.1) is 0 Å². The van der Waals surface area contributed by atoms with Gasteiger partial charge in [0.1, 0.15) is 0 Å². The Bertz CT molecular complexity index is 473. The molecule has 1 aliphatic heterocycles. The molecule has 0 spiro atoms. The Morgan fingerprint density at radius 1 is 1.41 bits per heavy atom. The first-order valence-corrected chi connectivity index (χ1v) is 6.75. The summed E-state index contributed by atoms with van der Waals surface area (Å²) in [6.07, 6.45) is 0. The van der Waals surface area contributed by atoms with Crippen LogP contribution in [0.3, 0.4) is 0 Å². The van der Waals surface area contributed by atoms with E-state index < -0.39 is 0 Å². The lowest BCUT2D eigenvalue weighted by atomic mass is 10.1. The average molecular weight is 246 g/mol. The number of rotatable bonds is 2. The highest BCUT2D eigenvalue weighted by Gasteiger charge is 2.17. The van der Waals surface area contributed by atoms with Gasteiger partial charge >= 0.3 is 0 Å². The minimum absolute atomic E-state index is 0.0581. The smallest absolute Gasteiger partial charge is 0.161 e. The molecule has 0 amide bonds. The molecule has 0 aromatic heterocycles. The number of hydrogen-bond donors (Lipinski definition) is 0. The number of benzene rings is 1. The van der Waals surface area contributed by atoms with Gasteiger partial charge in [-0.25, -0.2) is 0 Å². The first-order chi connectivity index (χ1) is 8.22. The van der Waals surface area contributed by atoms with Gasteiger partial charge < -0.3 is 4.90 Å². The van der Waals surface area contributed by atoms with Crippen LogP contribution >= 0.6 is 11.8 Å². The van der Waals surface area contributed by atoms with Crippen molar-refractivity contribution in [3.05, 3.63) is 29.3 Å². The van der Waals surface area contributed by atoms with Crippen LogP contribution in [-0.2, 0) is 0 Å². The molecule has 0 bridgehead atoms. The number of nitriles is 1. The Balaban J connectivity index is 2.41. The quantitative estimate of drug-likeness (QED) is 0.751. The maximum Gasteiger partial charge on any atom is 0.161 e. The van der Waals surface area contributed by atoms with Crippen molar-refractivity contribution in [2.45, 2.75) is 6.92 Å². The highest BCUT2D eigenvalue weighted by Crippen LogP contribution is 2.25. The normalized spacial score (nSPS) is 15.4. The molecule has 0 unspecified atom stereocenters. The maximum absolute atomic E-state index is 11.6. The van der Waals surface area contributed by atoms with Crippen molar-refractivity contribution in [2.75, 3.05) is 29.5 Å². The number of ketones is 1. The molecule has 4 heteroatoms. The molecule has 1 fully saturated rings. The molecule has 0 radical (unpaired) electrons. The molecular formula is C13H14N2OS. The summed E-state index contributed by atoms with van der Waals surface area (Å²) in [5, 5.41) is 8.93. The summed E-state index contributed by atoms with van der Waals surface area (Å²) in [6.45, 7) is 3.46. The van der Waals surface area contributed by atoms with Gasteiger partial charge in [-0.1, -0.05) is 0 Å². The molecular weight excluding hydrogens is 232 g/mol. The van der Waals surface area contributed by atoms with Crippen molar-refractivity contribution >= 4 is 23.2 Å². The fraction of sp³-hybridized carbons (Fsp3) is 0.385. The molecule has 3 nitrogen and oxygen atoms in total. The number of hydrogen-bond acceptors (Lipinski definition) is 4. The first-order valence-electron chi connectivity index (χ1n) is 5.60. The monoisotopic (exact) mass is 246 g/mol. The van der Waals surface area contributed by atoms with E-state index in [9.17, 15) is 4.79 Å². The zero-order valence-electron chi connectivity index (χ0n) is 9.77. The van der Waals surface area contributed by atoms with Crippen molar-refractivity contribution in [3.8, 4) is 6.07 Å². The molecule has 2 rings (SSSR count). The zero-order valence-corrected chi connectivity index (χ0v) is 10.6. The van der Waals surface area contributed by atoms with E-state index in [1.807, 2.05) is 17.8 Å². The summed E-state index contributed by atoms with van der Waals surface area (Å²) >= 11 is 1.93. The highest BCUT2D eigenvalue weighted by molar-refractivity contribution is 7.99. The fourth-order valence-electron chi connectivity index (χ4n) is 1.96. The summed E-state index contributed by atoms with van der Waals surface area (Å²) in [6, 6.07) is 7.42. The van der Waals surface area contributed by atoms with E-state index in [2.05, 4.69) is 11.0 Å². The molecule has 0 atom stereocenters. The summed E-state index contributed by atoms with van der Waals surface area (Å²) < 4.78 is 0. The summed E-state index contributed by atoms with van der Waals surface area (Å²) in [5.41, 5.74) is 2.25. The maximum atomic E-state index is 11.6. The second-order valence-electron chi connectivity index (χ2n) is 4.00. The number of nitrogens with zero attached hydrogens (tertiary/aromatic N) is 2. The first kappa shape index (κ1) is 12.0. The van der Waals surface area contributed by atoms with Crippen LogP contribution in [0.4, 0.5) is 5.69 Å². The number of carbonyl (C=O) groups excluding carboxylic acids is 1. The van der Waals surface area contributed by atoms with Crippen molar-refractivity contribution in [1.82, 2.24) is 0 Å². The third-order valence-electron chi connectivity index (χ3n) is 2.86. The minimum Gasteiger partial charge on any atom is -0.369 e. The van der Waals surface area contributed by atoms with Gasteiger partial charge in [0, 0.05) is 35.8 Å². The Morgan fingerprint density at radius 2 is 2.12 bits per heavy atom. The van der Waals surface area contributed by atoms with E-state index in [0.717, 1.165) is 35.8 Å². The second-order valence-corrected chi connectivity index (χ2v) is 5.22. The van der Waals surface area contributed by atoms with Gasteiger partial charge in [-0.05, 0) is 25.1 Å². The van der Waals surface area contributed by atoms with Gasteiger partial charge in [0.05, 0.1) is 11.6 Å². The number of carbonyl (C=O) groups is 1. The Labute approximate surface area is 105 Å². The highest BCUT2D eigenvalue weighted by atomic mass is 32.2. The molecule has 88 valence electrons.